The molecule has 2 N–H and O–H groups in total. The molecule has 0 bridgehead atoms. The molecule has 0 fully saturated rings. The zero-order valence-corrected chi connectivity index (χ0v) is 25.4. The number of benzene rings is 4. The van der Waals surface area contributed by atoms with Crippen LogP contribution in [0, 0.1) is 0 Å². The van der Waals surface area contributed by atoms with Gasteiger partial charge in [0.15, 0.2) is 0 Å². The lowest BCUT2D eigenvalue weighted by molar-refractivity contribution is -0.115. The van der Waals surface area contributed by atoms with Crippen molar-refractivity contribution in [3.8, 4) is 11.5 Å². The summed E-state index contributed by atoms with van der Waals surface area (Å²) in [7, 11) is 0. The first kappa shape index (κ1) is 28.7. The lowest BCUT2D eigenvalue weighted by Gasteiger charge is -2.26. The van der Waals surface area contributed by atoms with E-state index in [1.165, 1.54) is 24.3 Å². The molecule has 44 heavy (non-hydrogen) atoms. The topological polar surface area (TPSA) is 81.1 Å². The van der Waals surface area contributed by atoms with Crippen molar-refractivity contribution in [1.82, 2.24) is 0 Å². The molecule has 4 aromatic rings. The molecule has 2 amide bonds. The first-order valence-electron chi connectivity index (χ1n) is 14.6. The first-order valence-corrected chi connectivity index (χ1v) is 14.6. The van der Waals surface area contributed by atoms with Crippen LogP contribution >= 0.6 is 0 Å². The van der Waals surface area contributed by atoms with Gasteiger partial charge in [0.05, 0.1) is 22.5 Å². The van der Waals surface area contributed by atoms with Gasteiger partial charge in [0.25, 0.3) is 11.8 Å². The number of phenols is 2. The molecule has 6 heteroatoms. The predicted molar refractivity (Wildman–Crippen MR) is 176 cm³/mol. The molecule has 6 rings (SSSR count). The van der Waals surface area contributed by atoms with Crippen molar-refractivity contribution in [1.29, 1.82) is 0 Å². The summed E-state index contributed by atoms with van der Waals surface area (Å²) < 4.78 is 0. The minimum absolute atomic E-state index is 0.0762. The molecule has 0 atom stereocenters. The Labute approximate surface area is 257 Å². The monoisotopic (exact) mass is 582 g/mol. The number of hydrogen-bond acceptors (Lipinski definition) is 4. The van der Waals surface area contributed by atoms with Crippen LogP contribution in [-0.4, -0.2) is 22.0 Å². The Bertz CT molecular complexity index is 1870. The van der Waals surface area contributed by atoms with E-state index in [9.17, 15) is 19.8 Å². The maximum Gasteiger partial charge on any atom is 0.265 e. The van der Waals surface area contributed by atoms with Gasteiger partial charge in [-0.1, -0.05) is 81.0 Å². The minimum atomic E-state index is -0.335. The second-order valence-electron chi connectivity index (χ2n) is 12.4. The van der Waals surface area contributed by atoms with E-state index in [0.29, 0.717) is 39.5 Å². The summed E-state index contributed by atoms with van der Waals surface area (Å²) in [4.78, 5) is 32.3. The van der Waals surface area contributed by atoms with Gasteiger partial charge in [-0.25, -0.2) is 0 Å². The van der Waals surface area contributed by atoms with E-state index in [4.69, 9.17) is 0 Å². The Morgan fingerprint density at radius 2 is 0.977 bits per heavy atom. The van der Waals surface area contributed by atoms with E-state index in [2.05, 4.69) is 26.8 Å². The minimum Gasteiger partial charge on any atom is -0.508 e. The molecule has 4 aromatic carbocycles. The third-order valence-electron chi connectivity index (χ3n) is 7.88. The number of aromatic hydroxyl groups is 2. The predicted octanol–water partition coefficient (Wildman–Crippen LogP) is 8.03. The van der Waals surface area contributed by atoms with Gasteiger partial charge in [0.2, 0.25) is 0 Å². The number of fused-ring (bicyclic) bond motifs is 1. The van der Waals surface area contributed by atoms with Crippen LogP contribution in [-0.2, 0) is 15.0 Å². The zero-order chi connectivity index (χ0) is 31.3. The zero-order valence-electron chi connectivity index (χ0n) is 25.4. The smallest absolute Gasteiger partial charge is 0.265 e. The highest BCUT2D eigenvalue weighted by molar-refractivity contribution is 6.41. The van der Waals surface area contributed by atoms with Crippen molar-refractivity contribution in [3.05, 3.63) is 136 Å². The molecule has 2 aliphatic heterocycles. The number of anilines is 2. The van der Waals surface area contributed by atoms with Gasteiger partial charge in [-0.2, -0.15) is 0 Å². The normalized spacial score (nSPS) is 14.9. The van der Waals surface area contributed by atoms with Gasteiger partial charge in [-0.05, 0) is 90.0 Å². The summed E-state index contributed by atoms with van der Waals surface area (Å²) in [5, 5.41) is 20.0. The molecule has 6 nitrogen and oxygen atoms in total. The van der Waals surface area contributed by atoms with Crippen molar-refractivity contribution in [3.63, 3.8) is 0 Å². The Balaban J connectivity index is 1.63. The van der Waals surface area contributed by atoms with Gasteiger partial charge in [0, 0.05) is 11.4 Å². The fourth-order valence-electron chi connectivity index (χ4n) is 5.75. The molecular weight excluding hydrogens is 548 g/mol. The van der Waals surface area contributed by atoms with Crippen molar-refractivity contribution in [2.45, 2.75) is 40.0 Å². The highest BCUT2D eigenvalue weighted by atomic mass is 16.3. The molecule has 0 spiro atoms. The average Bonchev–Trinajstić information content (AvgIpc) is 3.45. The largest absolute Gasteiger partial charge is 0.508 e. The molecule has 0 aliphatic carbocycles. The summed E-state index contributed by atoms with van der Waals surface area (Å²) in [6, 6.07) is 28.6. The Morgan fingerprint density at radius 3 is 1.34 bits per heavy atom. The van der Waals surface area contributed by atoms with Gasteiger partial charge in [-0.3, -0.25) is 19.4 Å². The van der Waals surface area contributed by atoms with E-state index in [1.807, 2.05) is 62.4 Å². The molecule has 2 aliphatic rings. The molecule has 0 saturated carbocycles. The number of rotatable bonds is 5. The van der Waals surface area contributed by atoms with Crippen LogP contribution in [0.5, 0.6) is 11.5 Å². The quantitative estimate of drug-likeness (QED) is 0.250. The lowest BCUT2D eigenvalue weighted by Crippen LogP contribution is -2.29. The summed E-state index contributed by atoms with van der Waals surface area (Å²) in [5.41, 5.74) is 7.32. The molecule has 0 radical (unpaired) electrons. The second kappa shape index (κ2) is 10.7. The highest BCUT2D eigenvalue weighted by Crippen LogP contribution is 2.49. The third kappa shape index (κ3) is 4.98. The summed E-state index contributed by atoms with van der Waals surface area (Å²) >= 11 is 0. The number of hydrogen-bond donors (Lipinski definition) is 2. The van der Waals surface area contributed by atoms with Crippen LogP contribution < -0.4 is 9.80 Å². The van der Waals surface area contributed by atoms with Crippen molar-refractivity contribution < 1.29 is 19.8 Å². The number of carbonyl (C=O) groups is 2. The maximum absolute atomic E-state index is 14.6. The van der Waals surface area contributed by atoms with Crippen molar-refractivity contribution in [2.24, 2.45) is 0 Å². The van der Waals surface area contributed by atoms with Crippen LogP contribution in [0.25, 0.3) is 17.5 Å². The second-order valence-corrected chi connectivity index (χ2v) is 12.4. The third-order valence-corrected chi connectivity index (χ3v) is 7.88. The molecular formula is C38H34N2O4. The van der Waals surface area contributed by atoms with E-state index in [0.717, 1.165) is 22.3 Å². The van der Waals surface area contributed by atoms with E-state index < -0.39 is 0 Å². The van der Waals surface area contributed by atoms with Gasteiger partial charge >= 0.3 is 0 Å². The number of phenolic OH excluding ortho intramolecular Hbond substituents is 2. The molecule has 0 unspecified atom stereocenters. The maximum atomic E-state index is 14.6. The highest BCUT2D eigenvalue weighted by Gasteiger charge is 2.50. The SMILES string of the molecule is CC(C)=Cc1ccc(C2=C3C(=O)N(c4ccc(O)cc4)C(c4ccc(C(C)(C)C)cc4)=C3C(=O)N2c2ccc(O)cc2)cc1. The van der Waals surface area contributed by atoms with Gasteiger partial charge in [0.1, 0.15) is 11.5 Å². The molecule has 0 saturated heterocycles. The van der Waals surface area contributed by atoms with E-state index in [1.54, 1.807) is 34.1 Å². The summed E-state index contributed by atoms with van der Waals surface area (Å²) in [5.74, 6) is -0.512. The molecule has 220 valence electrons. The van der Waals surface area contributed by atoms with Gasteiger partial charge < -0.3 is 10.2 Å². The first-order chi connectivity index (χ1) is 20.9. The van der Waals surface area contributed by atoms with E-state index >= 15 is 0 Å². The standard InChI is InChI=1S/C38H34N2O4/c1-23(2)22-24-6-8-25(9-7-24)34-32-33(37(44)39(34)28-14-18-30(41)19-15-28)35(26-10-12-27(13-11-26)38(3,4)5)40(36(32)43)29-16-20-31(42)21-17-29/h6-22,41-42H,1-5H3. The van der Waals surface area contributed by atoms with E-state index in [-0.39, 0.29) is 28.7 Å². The van der Waals surface area contributed by atoms with Crippen molar-refractivity contribution >= 4 is 40.7 Å². The van der Waals surface area contributed by atoms with Crippen LogP contribution in [0.3, 0.4) is 0 Å². The molecule has 2 heterocycles. The molecule has 0 aromatic heterocycles. The summed E-state index contributed by atoms with van der Waals surface area (Å²) in [6.45, 7) is 10.5. The van der Waals surface area contributed by atoms with Crippen molar-refractivity contribution in [2.75, 3.05) is 9.80 Å². The van der Waals surface area contributed by atoms with Gasteiger partial charge in [-0.15, -0.1) is 0 Å². The number of allylic oxidation sites excluding steroid dienone is 1. The van der Waals surface area contributed by atoms with Crippen LogP contribution in [0.2, 0.25) is 0 Å². The fraction of sp³-hybridized carbons (Fsp3) is 0.158. The fourth-order valence-corrected chi connectivity index (χ4v) is 5.75. The Hall–Kier alpha value is -5.36. The van der Waals surface area contributed by atoms with Crippen LogP contribution in [0.1, 0.15) is 56.9 Å². The average molecular weight is 583 g/mol. The number of amides is 2. The lowest BCUT2D eigenvalue weighted by atomic mass is 9.86. The number of carbonyl (C=O) groups excluding carboxylic acids is 2. The number of nitrogens with zero attached hydrogens (tertiary/aromatic N) is 2. The van der Waals surface area contributed by atoms with Crippen LogP contribution in [0.4, 0.5) is 11.4 Å². The summed E-state index contributed by atoms with van der Waals surface area (Å²) in [6.07, 6.45) is 2.07. The van der Waals surface area contributed by atoms with Crippen LogP contribution in [0.15, 0.2) is 114 Å². The Kier molecular flexibility index (Phi) is 7.01. The Morgan fingerprint density at radius 1 is 0.591 bits per heavy atom.